The first-order valence-corrected chi connectivity index (χ1v) is 6.52. The zero-order chi connectivity index (χ0) is 13.0. The Morgan fingerprint density at radius 3 is 3.00 bits per heavy atom. The highest BCUT2D eigenvalue weighted by Crippen LogP contribution is 2.16. The van der Waals surface area contributed by atoms with Crippen molar-refractivity contribution < 1.29 is 4.79 Å². The van der Waals surface area contributed by atoms with Gasteiger partial charge in [0.1, 0.15) is 0 Å². The summed E-state index contributed by atoms with van der Waals surface area (Å²) in [5.41, 5.74) is 2.25. The number of nitrogens with one attached hydrogen (secondary N) is 2. The van der Waals surface area contributed by atoms with Crippen LogP contribution in [0.15, 0.2) is 24.3 Å². The van der Waals surface area contributed by atoms with Gasteiger partial charge in [0.15, 0.2) is 5.11 Å². The van der Waals surface area contributed by atoms with Crippen LogP contribution in [0.4, 0.5) is 5.69 Å². The van der Waals surface area contributed by atoms with E-state index in [0.29, 0.717) is 18.2 Å². The normalized spacial score (nSPS) is 15.2. The minimum Gasteiger partial charge on any atom is -0.353 e. The Hall–Kier alpha value is -1.62. The van der Waals surface area contributed by atoms with Crippen LogP contribution in [-0.4, -0.2) is 35.6 Å². The highest BCUT2D eigenvalue weighted by atomic mass is 32.1. The largest absolute Gasteiger partial charge is 0.353 e. The van der Waals surface area contributed by atoms with Crippen molar-refractivity contribution in [3.63, 3.8) is 0 Å². The van der Waals surface area contributed by atoms with Crippen molar-refractivity contribution >= 4 is 28.9 Å². The van der Waals surface area contributed by atoms with Gasteiger partial charge in [-0.2, -0.15) is 0 Å². The topological polar surface area (TPSA) is 44.4 Å². The van der Waals surface area contributed by atoms with Crippen LogP contribution >= 0.6 is 12.2 Å². The van der Waals surface area contributed by atoms with Gasteiger partial charge in [0.05, 0.1) is 6.54 Å². The van der Waals surface area contributed by atoms with Gasteiger partial charge in [0, 0.05) is 18.8 Å². The molecule has 2 N–H and O–H groups in total. The first kappa shape index (κ1) is 12.8. The smallest absolute Gasteiger partial charge is 0.239 e. The number of amides is 1. The Balaban J connectivity index is 2.04. The van der Waals surface area contributed by atoms with Crippen molar-refractivity contribution in [2.24, 2.45) is 0 Å². The molecule has 2 rings (SSSR count). The molecule has 18 heavy (non-hydrogen) atoms. The number of thiocarbonyl (C=S) groups is 1. The zero-order valence-corrected chi connectivity index (χ0v) is 11.2. The lowest BCUT2D eigenvalue weighted by Crippen LogP contribution is -2.51. The summed E-state index contributed by atoms with van der Waals surface area (Å²) < 4.78 is 0. The number of benzene rings is 1. The van der Waals surface area contributed by atoms with Crippen LogP contribution in [0.3, 0.4) is 0 Å². The van der Waals surface area contributed by atoms with Crippen LogP contribution in [0, 0.1) is 0 Å². The minimum absolute atomic E-state index is 0.0224. The molecular formula is C13H17N3OS. The Kier molecular flexibility index (Phi) is 4.15. The number of nitrogens with zero attached hydrogens (tertiary/aromatic N) is 1. The molecule has 1 amide bonds. The predicted octanol–water partition coefficient (Wildman–Crippen LogP) is 1.38. The third kappa shape index (κ3) is 2.98. The Bertz CT molecular complexity index is 461. The van der Waals surface area contributed by atoms with E-state index in [1.165, 1.54) is 5.56 Å². The van der Waals surface area contributed by atoms with E-state index in [2.05, 4.69) is 23.6 Å². The predicted molar refractivity (Wildman–Crippen MR) is 76.6 cm³/mol. The molecule has 0 spiro atoms. The fourth-order valence-corrected chi connectivity index (χ4v) is 2.22. The number of carbonyl (C=O) groups is 1. The van der Waals surface area contributed by atoms with Crippen molar-refractivity contribution in [1.82, 2.24) is 10.2 Å². The summed E-state index contributed by atoms with van der Waals surface area (Å²) in [6.45, 7) is 3.85. The molecule has 96 valence electrons. The molecule has 1 aromatic rings. The fourth-order valence-electron chi connectivity index (χ4n) is 1.96. The van der Waals surface area contributed by atoms with Crippen molar-refractivity contribution in [2.45, 2.75) is 13.3 Å². The molecule has 1 aliphatic heterocycles. The van der Waals surface area contributed by atoms with E-state index < -0.39 is 0 Å². The average Bonchev–Trinajstić information content (AvgIpc) is 2.39. The molecule has 0 saturated carbocycles. The molecule has 0 atom stereocenters. The molecule has 1 fully saturated rings. The molecular weight excluding hydrogens is 246 g/mol. The van der Waals surface area contributed by atoms with E-state index in [9.17, 15) is 4.79 Å². The highest BCUT2D eigenvalue weighted by molar-refractivity contribution is 7.80. The summed E-state index contributed by atoms with van der Waals surface area (Å²) in [6.07, 6.45) is 0.951. The van der Waals surface area contributed by atoms with Gasteiger partial charge in [0.2, 0.25) is 5.91 Å². The molecule has 4 nitrogen and oxygen atoms in total. The van der Waals surface area contributed by atoms with Crippen LogP contribution in [0.5, 0.6) is 0 Å². The molecule has 1 aromatic carbocycles. The number of anilines is 1. The summed E-state index contributed by atoms with van der Waals surface area (Å²) in [5, 5.41) is 6.63. The van der Waals surface area contributed by atoms with Crippen LogP contribution in [-0.2, 0) is 11.2 Å². The molecule has 0 bridgehead atoms. The number of para-hydroxylation sites is 1. The summed E-state index contributed by atoms with van der Waals surface area (Å²) in [5.74, 6) is 0.0224. The second kappa shape index (κ2) is 5.82. The van der Waals surface area contributed by atoms with E-state index in [0.717, 1.165) is 18.7 Å². The second-order valence-electron chi connectivity index (χ2n) is 4.21. The van der Waals surface area contributed by atoms with Gasteiger partial charge in [-0.15, -0.1) is 0 Å². The van der Waals surface area contributed by atoms with Crippen LogP contribution in [0.2, 0.25) is 0 Å². The summed E-state index contributed by atoms with van der Waals surface area (Å²) >= 11 is 5.35. The van der Waals surface area contributed by atoms with Gasteiger partial charge in [-0.3, -0.25) is 4.79 Å². The second-order valence-corrected chi connectivity index (χ2v) is 4.60. The maximum Gasteiger partial charge on any atom is 0.239 e. The standard InChI is InChI=1S/C13H17N3OS/c1-2-10-5-3-4-6-11(10)15-13(18)16-8-7-14-12(17)9-16/h3-6H,2,7-9H2,1H3,(H,14,17)(H,15,18). The van der Waals surface area contributed by atoms with Gasteiger partial charge in [-0.05, 0) is 30.3 Å². The lowest BCUT2D eigenvalue weighted by Gasteiger charge is -2.29. The minimum atomic E-state index is 0.0224. The van der Waals surface area contributed by atoms with Crippen LogP contribution in [0.1, 0.15) is 12.5 Å². The number of carbonyl (C=O) groups excluding carboxylic acids is 1. The number of hydrogen-bond acceptors (Lipinski definition) is 2. The summed E-state index contributed by atoms with van der Waals surface area (Å²) in [7, 11) is 0. The van der Waals surface area contributed by atoms with Gasteiger partial charge >= 0.3 is 0 Å². The number of rotatable bonds is 2. The van der Waals surface area contributed by atoms with E-state index in [1.807, 2.05) is 23.1 Å². The van der Waals surface area contributed by atoms with E-state index >= 15 is 0 Å². The lowest BCUT2D eigenvalue weighted by molar-refractivity contribution is -0.122. The Labute approximate surface area is 112 Å². The summed E-state index contributed by atoms with van der Waals surface area (Å²) in [6, 6.07) is 8.08. The van der Waals surface area contributed by atoms with Crippen molar-refractivity contribution in [1.29, 1.82) is 0 Å². The number of aryl methyl sites for hydroxylation is 1. The highest BCUT2D eigenvalue weighted by Gasteiger charge is 2.18. The van der Waals surface area contributed by atoms with E-state index in [4.69, 9.17) is 12.2 Å². The maximum absolute atomic E-state index is 11.3. The lowest BCUT2D eigenvalue weighted by atomic mass is 10.1. The van der Waals surface area contributed by atoms with Crippen LogP contribution in [0.25, 0.3) is 0 Å². The Morgan fingerprint density at radius 1 is 1.50 bits per heavy atom. The van der Waals surface area contributed by atoms with Crippen molar-refractivity contribution in [3.05, 3.63) is 29.8 Å². The third-order valence-electron chi connectivity index (χ3n) is 2.97. The number of hydrogen-bond donors (Lipinski definition) is 2. The quantitative estimate of drug-likeness (QED) is 0.791. The van der Waals surface area contributed by atoms with E-state index in [-0.39, 0.29) is 5.91 Å². The van der Waals surface area contributed by atoms with Crippen molar-refractivity contribution in [3.8, 4) is 0 Å². The molecule has 5 heteroatoms. The first-order chi connectivity index (χ1) is 8.70. The zero-order valence-electron chi connectivity index (χ0n) is 10.4. The fraction of sp³-hybridized carbons (Fsp3) is 0.385. The SMILES string of the molecule is CCc1ccccc1NC(=S)N1CCNC(=O)C1. The average molecular weight is 263 g/mol. The van der Waals surface area contributed by atoms with Crippen LogP contribution < -0.4 is 10.6 Å². The van der Waals surface area contributed by atoms with Gasteiger partial charge in [-0.1, -0.05) is 25.1 Å². The molecule has 1 aliphatic rings. The van der Waals surface area contributed by atoms with Gasteiger partial charge < -0.3 is 15.5 Å². The number of piperazine rings is 1. The molecule has 0 aliphatic carbocycles. The molecule has 1 heterocycles. The maximum atomic E-state index is 11.3. The summed E-state index contributed by atoms with van der Waals surface area (Å²) in [4.78, 5) is 13.2. The van der Waals surface area contributed by atoms with Crippen molar-refractivity contribution in [2.75, 3.05) is 25.0 Å². The monoisotopic (exact) mass is 263 g/mol. The molecule has 1 saturated heterocycles. The molecule has 0 unspecified atom stereocenters. The van der Waals surface area contributed by atoms with Gasteiger partial charge in [0.25, 0.3) is 0 Å². The first-order valence-electron chi connectivity index (χ1n) is 6.11. The van der Waals surface area contributed by atoms with E-state index in [1.54, 1.807) is 0 Å². The van der Waals surface area contributed by atoms with Gasteiger partial charge in [-0.25, -0.2) is 0 Å². The molecule has 0 radical (unpaired) electrons. The molecule has 0 aromatic heterocycles. The Morgan fingerprint density at radius 2 is 2.28 bits per heavy atom. The third-order valence-corrected chi connectivity index (χ3v) is 3.33.